The van der Waals surface area contributed by atoms with Crippen LogP contribution in [-0.2, 0) is 25.5 Å². The molecule has 0 fully saturated rings. The van der Waals surface area contributed by atoms with Gasteiger partial charge in [-0.1, -0.05) is 55.8 Å². The summed E-state index contributed by atoms with van der Waals surface area (Å²) in [5, 5.41) is 12.2. The first-order chi connectivity index (χ1) is 17.9. The minimum Gasteiger partial charge on any atom is -0.456 e. The fraction of sp³-hybridized carbons (Fsp3) is 0.296. The highest BCUT2D eigenvalue weighted by Crippen LogP contribution is 2.23. The van der Waals surface area contributed by atoms with Gasteiger partial charge in [0.25, 0.3) is 11.5 Å². The number of anilines is 1. The van der Waals surface area contributed by atoms with E-state index in [1.807, 2.05) is 37.3 Å². The lowest BCUT2D eigenvalue weighted by Gasteiger charge is -2.19. The fourth-order valence-electron chi connectivity index (χ4n) is 3.48. The topological polar surface area (TPSA) is 139 Å². The van der Waals surface area contributed by atoms with Crippen molar-refractivity contribution >= 4 is 23.7 Å². The number of amides is 2. The monoisotopic (exact) mass is 506 g/mol. The van der Waals surface area contributed by atoms with E-state index in [9.17, 15) is 19.2 Å². The van der Waals surface area contributed by atoms with Gasteiger partial charge in [-0.05, 0) is 42.2 Å². The van der Waals surface area contributed by atoms with Gasteiger partial charge in [0.05, 0.1) is 23.9 Å². The number of unbranched alkanes of at least 4 members (excludes halogenated alkanes) is 1. The maximum atomic E-state index is 12.6. The second-order valence-electron chi connectivity index (χ2n) is 8.32. The normalized spacial score (nSPS) is 11.3. The third-order valence-corrected chi connectivity index (χ3v) is 5.37. The number of alkyl carbamates (subject to hydrolysis) is 1. The Hall–Kier alpha value is -4.47. The minimum absolute atomic E-state index is 0.314. The number of esters is 1. The predicted octanol–water partition coefficient (Wildman–Crippen LogP) is 3.75. The number of carbonyl (C=O) groups excluding carboxylic acids is 3. The van der Waals surface area contributed by atoms with E-state index in [0.29, 0.717) is 35.5 Å². The van der Waals surface area contributed by atoms with Crippen molar-refractivity contribution in [2.75, 3.05) is 18.5 Å². The van der Waals surface area contributed by atoms with Gasteiger partial charge < -0.3 is 20.1 Å². The Bertz CT molecular complexity index is 1260. The molecular weight excluding hydrogens is 476 g/mol. The smallest absolute Gasteiger partial charge is 0.407 e. The number of benzene rings is 2. The van der Waals surface area contributed by atoms with Crippen molar-refractivity contribution in [3.8, 4) is 11.1 Å². The number of H-pyrrole nitrogens is 1. The number of rotatable bonds is 11. The van der Waals surface area contributed by atoms with Crippen LogP contribution in [0, 0.1) is 0 Å². The average Bonchev–Trinajstić information content (AvgIpc) is 2.89. The maximum Gasteiger partial charge on any atom is 0.407 e. The molecule has 194 valence electrons. The Morgan fingerprint density at radius 3 is 2.43 bits per heavy atom. The van der Waals surface area contributed by atoms with Crippen molar-refractivity contribution < 1.29 is 23.9 Å². The van der Waals surface area contributed by atoms with E-state index in [2.05, 4.69) is 25.6 Å². The number of carbonyl (C=O) groups is 3. The second-order valence-corrected chi connectivity index (χ2v) is 8.32. The zero-order valence-electron chi connectivity index (χ0n) is 20.8. The van der Waals surface area contributed by atoms with E-state index >= 15 is 0 Å². The van der Waals surface area contributed by atoms with Gasteiger partial charge in [-0.15, -0.1) is 0 Å². The highest BCUT2D eigenvalue weighted by atomic mass is 16.5. The average molecular weight is 507 g/mol. The van der Waals surface area contributed by atoms with E-state index in [1.54, 1.807) is 30.3 Å². The molecule has 2 aromatic carbocycles. The number of nitrogens with one attached hydrogen (secondary N) is 3. The van der Waals surface area contributed by atoms with Gasteiger partial charge in [0, 0.05) is 12.6 Å². The molecule has 0 aliphatic carbocycles. The highest BCUT2D eigenvalue weighted by Gasteiger charge is 2.20. The largest absolute Gasteiger partial charge is 0.456 e. The summed E-state index contributed by atoms with van der Waals surface area (Å²) >= 11 is 0. The van der Waals surface area contributed by atoms with Gasteiger partial charge >= 0.3 is 12.1 Å². The number of hydrogen-bond acceptors (Lipinski definition) is 7. The van der Waals surface area contributed by atoms with Crippen LogP contribution < -0.4 is 16.2 Å². The van der Waals surface area contributed by atoms with Gasteiger partial charge in [-0.3, -0.25) is 14.4 Å². The molecule has 1 unspecified atom stereocenters. The van der Waals surface area contributed by atoms with Crippen LogP contribution in [0.25, 0.3) is 11.1 Å². The van der Waals surface area contributed by atoms with Gasteiger partial charge in [-0.25, -0.2) is 9.89 Å². The fourth-order valence-corrected chi connectivity index (χ4v) is 3.48. The number of ether oxygens (including phenoxy) is 2. The van der Waals surface area contributed by atoms with Gasteiger partial charge in [0.2, 0.25) is 0 Å². The Kier molecular flexibility index (Phi) is 9.95. The summed E-state index contributed by atoms with van der Waals surface area (Å²) < 4.78 is 9.95. The van der Waals surface area contributed by atoms with Gasteiger partial charge in [-0.2, -0.15) is 5.10 Å². The SMILES string of the molecule is CCCCOC(=O)NC(Cc1ccccc1)c1cc(-c2ccc(NC(=O)COC(C)=O)cc2)c(=O)[nH]n1. The molecule has 37 heavy (non-hydrogen) atoms. The first-order valence-electron chi connectivity index (χ1n) is 12.0. The summed E-state index contributed by atoms with van der Waals surface area (Å²) in [7, 11) is 0. The van der Waals surface area contributed by atoms with Crippen LogP contribution in [0.4, 0.5) is 10.5 Å². The van der Waals surface area contributed by atoms with E-state index in [-0.39, 0.29) is 6.61 Å². The lowest BCUT2D eigenvalue weighted by atomic mass is 10.0. The molecule has 3 aromatic rings. The lowest BCUT2D eigenvalue weighted by molar-refractivity contribution is -0.144. The van der Waals surface area contributed by atoms with Crippen LogP contribution in [0.3, 0.4) is 0 Å². The summed E-state index contributed by atoms with van der Waals surface area (Å²) in [5.41, 5.74) is 2.45. The van der Waals surface area contributed by atoms with Crippen LogP contribution in [0.1, 0.15) is 44.0 Å². The molecule has 1 heterocycles. The molecule has 3 N–H and O–H groups in total. The summed E-state index contributed by atoms with van der Waals surface area (Å²) in [6, 6.07) is 17.3. The zero-order valence-corrected chi connectivity index (χ0v) is 20.8. The van der Waals surface area contributed by atoms with Crippen molar-refractivity contribution in [3.63, 3.8) is 0 Å². The van der Waals surface area contributed by atoms with E-state index < -0.39 is 29.6 Å². The number of aromatic nitrogens is 2. The van der Waals surface area contributed by atoms with E-state index in [1.165, 1.54) is 6.92 Å². The van der Waals surface area contributed by atoms with Crippen molar-refractivity contribution in [1.29, 1.82) is 0 Å². The Balaban J connectivity index is 1.81. The molecule has 0 aliphatic rings. The summed E-state index contributed by atoms with van der Waals surface area (Å²) in [4.78, 5) is 47.8. The predicted molar refractivity (Wildman–Crippen MR) is 138 cm³/mol. The van der Waals surface area contributed by atoms with Crippen LogP contribution in [0.5, 0.6) is 0 Å². The second kappa shape index (κ2) is 13.6. The summed E-state index contributed by atoms with van der Waals surface area (Å²) in [5.74, 6) is -1.03. The molecule has 0 aliphatic heterocycles. The third-order valence-electron chi connectivity index (χ3n) is 5.37. The quantitative estimate of drug-likeness (QED) is 0.266. The van der Waals surface area contributed by atoms with Crippen molar-refractivity contribution in [2.45, 2.75) is 39.2 Å². The molecule has 1 aromatic heterocycles. The lowest BCUT2D eigenvalue weighted by Crippen LogP contribution is -2.32. The number of nitrogens with zero attached hydrogens (tertiary/aromatic N) is 1. The number of aromatic amines is 1. The molecule has 0 radical (unpaired) electrons. The van der Waals surface area contributed by atoms with Crippen molar-refractivity contribution in [1.82, 2.24) is 15.5 Å². The molecule has 1 atom stereocenters. The van der Waals surface area contributed by atoms with Crippen molar-refractivity contribution in [3.05, 3.63) is 82.3 Å². The van der Waals surface area contributed by atoms with Crippen LogP contribution in [0.15, 0.2) is 65.5 Å². The first kappa shape index (κ1) is 27.1. The highest BCUT2D eigenvalue weighted by molar-refractivity contribution is 5.92. The molecule has 0 saturated carbocycles. The molecular formula is C27H30N4O6. The number of hydrogen-bond donors (Lipinski definition) is 3. The summed E-state index contributed by atoms with van der Waals surface area (Å²) in [6.45, 7) is 3.15. The summed E-state index contributed by atoms with van der Waals surface area (Å²) in [6.07, 6.45) is 1.55. The van der Waals surface area contributed by atoms with Crippen LogP contribution >= 0.6 is 0 Å². The Morgan fingerprint density at radius 1 is 1.03 bits per heavy atom. The zero-order chi connectivity index (χ0) is 26.6. The molecule has 2 amide bonds. The Morgan fingerprint density at radius 2 is 1.76 bits per heavy atom. The van der Waals surface area contributed by atoms with E-state index in [0.717, 1.165) is 18.4 Å². The molecule has 0 saturated heterocycles. The first-order valence-corrected chi connectivity index (χ1v) is 12.0. The molecule has 3 rings (SSSR count). The standard InChI is InChI=1S/C27H30N4O6/c1-3-4-14-36-27(35)29-23(15-19-8-6-5-7-9-19)24-16-22(26(34)31-30-24)20-10-12-21(13-11-20)28-25(33)17-37-18(2)32/h5-13,16,23H,3-4,14-15,17H2,1-2H3,(H,28,33)(H,29,35)(H,31,34). The van der Waals surface area contributed by atoms with Crippen LogP contribution in [0.2, 0.25) is 0 Å². The molecule has 0 bridgehead atoms. The van der Waals surface area contributed by atoms with E-state index in [4.69, 9.17) is 4.74 Å². The van der Waals surface area contributed by atoms with Crippen LogP contribution in [-0.4, -0.2) is 41.4 Å². The van der Waals surface area contributed by atoms with Gasteiger partial charge in [0.1, 0.15) is 0 Å². The molecule has 10 nitrogen and oxygen atoms in total. The molecule has 10 heteroatoms. The maximum absolute atomic E-state index is 12.6. The molecule has 0 spiro atoms. The minimum atomic E-state index is -0.558. The van der Waals surface area contributed by atoms with Crippen molar-refractivity contribution in [2.24, 2.45) is 0 Å². The third kappa shape index (κ3) is 8.60. The van der Waals surface area contributed by atoms with Gasteiger partial charge in [0.15, 0.2) is 6.61 Å². The Labute approximate surface area is 214 Å².